The van der Waals surface area contributed by atoms with Gasteiger partial charge in [-0.3, -0.25) is 0 Å². The number of carbonyl (C=O) groups is 1. The van der Waals surface area contributed by atoms with Gasteiger partial charge in [0.05, 0.1) is 17.6 Å². The number of carboxylic acids is 1. The van der Waals surface area contributed by atoms with Crippen LogP contribution in [0.1, 0.15) is 46.1 Å². The molecule has 0 aliphatic carbocycles. The van der Waals surface area contributed by atoms with Crippen molar-refractivity contribution in [1.29, 1.82) is 0 Å². The molecule has 2 heterocycles. The highest BCUT2D eigenvalue weighted by Gasteiger charge is 2.29. The molecule has 0 amide bonds. The van der Waals surface area contributed by atoms with Gasteiger partial charge >= 0.3 is 5.97 Å². The second-order valence-corrected chi connectivity index (χ2v) is 5.38. The molecule has 1 fully saturated rings. The Morgan fingerprint density at radius 2 is 2.24 bits per heavy atom. The fourth-order valence-corrected chi connectivity index (χ4v) is 2.78. The molecule has 1 saturated heterocycles. The van der Waals surface area contributed by atoms with Crippen LogP contribution in [0.25, 0.3) is 5.69 Å². The third-order valence-electron chi connectivity index (χ3n) is 4.08. The lowest BCUT2D eigenvalue weighted by Gasteiger charge is -2.16. The molecule has 5 nitrogen and oxygen atoms in total. The highest BCUT2D eigenvalue weighted by Crippen LogP contribution is 2.33. The summed E-state index contributed by atoms with van der Waals surface area (Å²) in [4.78, 5) is 11.5. The molecule has 110 valence electrons. The Balaban J connectivity index is 2.18. The molecule has 0 bridgehead atoms. The number of hydrogen-bond donors (Lipinski definition) is 1. The van der Waals surface area contributed by atoms with Crippen LogP contribution in [0.2, 0.25) is 0 Å². The predicted octanol–water partition coefficient (Wildman–Crippen LogP) is 3.04. The number of nitrogens with zero attached hydrogens (tertiary/aromatic N) is 2. The van der Waals surface area contributed by atoms with Crippen LogP contribution < -0.4 is 0 Å². The molecule has 0 saturated carbocycles. The largest absolute Gasteiger partial charge is 0.478 e. The van der Waals surface area contributed by atoms with Crippen molar-refractivity contribution in [1.82, 2.24) is 9.78 Å². The van der Waals surface area contributed by atoms with E-state index in [0.717, 1.165) is 29.7 Å². The molecule has 1 aliphatic heterocycles. The van der Waals surface area contributed by atoms with E-state index < -0.39 is 5.97 Å². The average Bonchev–Trinajstić information content (AvgIpc) is 3.09. The lowest BCUT2D eigenvalue weighted by Crippen LogP contribution is -2.12. The van der Waals surface area contributed by atoms with Crippen LogP contribution in [0.3, 0.4) is 0 Å². The van der Waals surface area contributed by atoms with Gasteiger partial charge in [0.2, 0.25) is 0 Å². The number of carboxylic acid groups (broad SMARTS) is 1. The molecule has 21 heavy (non-hydrogen) atoms. The molecule has 5 heteroatoms. The van der Waals surface area contributed by atoms with Crippen molar-refractivity contribution < 1.29 is 14.6 Å². The summed E-state index contributed by atoms with van der Waals surface area (Å²) in [6, 6.07) is 5.95. The zero-order valence-electron chi connectivity index (χ0n) is 12.2. The monoisotopic (exact) mass is 286 g/mol. The van der Waals surface area contributed by atoms with E-state index in [4.69, 9.17) is 4.74 Å². The van der Waals surface area contributed by atoms with Crippen LogP contribution in [0.5, 0.6) is 0 Å². The third-order valence-corrected chi connectivity index (χ3v) is 4.08. The molecule has 1 aliphatic rings. The van der Waals surface area contributed by atoms with Gasteiger partial charge in [-0.15, -0.1) is 0 Å². The molecular formula is C16H18N2O3. The summed E-state index contributed by atoms with van der Waals surface area (Å²) in [6.45, 7) is 4.72. The van der Waals surface area contributed by atoms with Crippen LogP contribution in [-0.4, -0.2) is 27.5 Å². The highest BCUT2D eigenvalue weighted by molar-refractivity contribution is 5.89. The van der Waals surface area contributed by atoms with Gasteiger partial charge in [-0.05, 0) is 43.9 Å². The number of aryl methyl sites for hydroxylation is 1. The maximum Gasteiger partial charge on any atom is 0.339 e. The highest BCUT2D eigenvalue weighted by atomic mass is 16.5. The maximum absolute atomic E-state index is 11.5. The summed E-state index contributed by atoms with van der Waals surface area (Å²) < 4.78 is 7.42. The molecule has 0 radical (unpaired) electrons. The average molecular weight is 286 g/mol. The van der Waals surface area contributed by atoms with Gasteiger partial charge in [0.1, 0.15) is 11.7 Å². The van der Waals surface area contributed by atoms with Crippen molar-refractivity contribution in [3.8, 4) is 5.69 Å². The summed E-state index contributed by atoms with van der Waals surface area (Å²) in [7, 11) is 0. The van der Waals surface area contributed by atoms with Crippen LogP contribution in [0.4, 0.5) is 0 Å². The zero-order valence-corrected chi connectivity index (χ0v) is 12.2. The molecular weight excluding hydrogens is 268 g/mol. The summed E-state index contributed by atoms with van der Waals surface area (Å²) >= 11 is 0. The molecule has 2 aromatic rings. The van der Waals surface area contributed by atoms with E-state index in [1.54, 1.807) is 4.68 Å². The first-order chi connectivity index (χ1) is 10.1. The summed E-state index contributed by atoms with van der Waals surface area (Å²) in [5, 5.41) is 13.7. The second-order valence-electron chi connectivity index (χ2n) is 5.38. The van der Waals surface area contributed by atoms with E-state index >= 15 is 0 Å². The third kappa shape index (κ3) is 2.34. The molecule has 1 N–H and O–H groups in total. The van der Waals surface area contributed by atoms with Crippen molar-refractivity contribution in [3.63, 3.8) is 0 Å². The summed E-state index contributed by atoms with van der Waals surface area (Å²) in [6.07, 6.45) is 3.00. The summed E-state index contributed by atoms with van der Waals surface area (Å²) in [5.41, 5.74) is 4.03. The Labute approximate surface area is 123 Å². The van der Waals surface area contributed by atoms with Crippen LogP contribution in [0.15, 0.2) is 24.4 Å². The van der Waals surface area contributed by atoms with E-state index in [1.165, 1.54) is 6.20 Å². The van der Waals surface area contributed by atoms with E-state index in [2.05, 4.69) is 5.10 Å². The van der Waals surface area contributed by atoms with Gasteiger partial charge in [0.25, 0.3) is 0 Å². The Morgan fingerprint density at radius 1 is 1.43 bits per heavy atom. The first kappa shape index (κ1) is 13.8. The topological polar surface area (TPSA) is 64.4 Å². The Hall–Kier alpha value is -2.14. The van der Waals surface area contributed by atoms with Crippen molar-refractivity contribution >= 4 is 5.97 Å². The van der Waals surface area contributed by atoms with Crippen LogP contribution in [-0.2, 0) is 4.74 Å². The van der Waals surface area contributed by atoms with Crippen molar-refractivity contribution in [3.05, 3.63) is 46.8 Å². The quantitative estimate of drug-likeness (QED) is 0.942. The first-order valence-electron chi connectivity index (χ1n) is 7.09. The van der Waals surface area contributed by atoms with Gasteiger partial charge in [-0.1, -0.05) is 12.1 Å². The van der Waals surface area contributed by atoms with Gasteiger partial charge < -0.3 is 9.84 Å². The lowest BCUT2D eigenvalue weighted by atomic mass is 10.1. The van der Waals surface area contributed by atoms with Gasteiger partial charge in [0, 0.05) is 6.61 Å². The smallest absolute Gasteiger partial charge is 0.339 e. The van der Waals surface area contributed by atoms with Gasteiger partial charge in [0.15, 0.2) is 0 Å². The van der Waals surface area contributed by atoms with Crippen molar-refractivity contribution in [2.24, 2.45) is 0 Å². The molecule has 0 spiro atoms. The molecule has 1 atom stereocenters. The number of ether oxygens (including phenoxy) is 1. The fraction of sp³-hybridized carbons (Fsp3) is 0.375. The molecule has 1 aromatic heterocycles. The second kappa shape index (κ2) is 5.33. The van der Waals surface area contributed by atoms with Crippen molar-refractivity contribution in [2.45, 2.75) is 32.8 Å². The maximum atomic E-state index is 11.5. The number of benzene rings is 1. The SMILES string of the molecule is Cc1cccc(-n2ncc(C(=O)O)c2C2CCCO2)c1C. The predicted molar refractivity (Wildman–Crippen MR) is 77.9 cm³/mol. The fourth-order valence-electron chi connectivity index (χ4n) is 2.78. The number of aromatic carboxylic acids is 1. The van der Waals surface area contributed by atoms with E-state index in [1.807, 2.05) is 32.0 Å². The minimum absolute atomic E-state index is 0.196. The first-order valence-corrected chi connectivity index (χ1v) is 7.09. The summed E-state index contributed by atoms with van der Waals surface area (Å²) in [5.74, 6) is -0.961. The zero-order chi connectivity index (χ0) is 15.0. The van der Waals surface area contributed by atoms with Crippen LogP contribution >= 0.6 is 0 Å². The van der Waals surface area contributed by atoms with Gasteiger partial charge in [-0.2, -0.15) is 5.10 Å². The van der Waals surface area contributed by atoms with Crippen molar-refractivity contribution in [2.75, 3.05) is 6.61 Å². The molecule has 1 unspecified atom stereocenters. The molecule has 3 rings (SSSR count). The van der Waals surface area contributed by atoms with Gasteiger partial charge in [-0.25, -0.2) is 9.48 Å². The van der Waals surface area contributed by atoms with Crippen LogP contribution in [0, 0.1) is 13.8 Å². The number of rotatable bonds is 3. The Kier molecular flexibility index (Phi) is 3.51. The Morgan fingerprint density at radius 3 is 2.90 bits per heavy atom. The lowest BCUT2D eigenvalue weighted by molar-refractivity contribution is 0.0679. The van der Waals surface area contributed by atoms with E-state index in [-0.39, 0.29) is 11.7 Å². The molecule has 1 aromatic carbocycles. The number of aromatic nitrogens is 2. The number of hydrogen-bond acceptors (Lipinski definition) is 3. The minimum atomic E-state index is -0.961. The Bertz CT molecular complexity index is 685. The van der Waals surface area contributed by atoms with E-state index in [9.17, 15) is 9.90 Å². The normalized spacial score (nSPS) is 18.1. The standard InChI is InChI=1S/C16H18N2O3/c1-10-5-3-6-13(11(10)2)18-15(14-7-4-8-21-14)12(9-17-18)16(19)20/h3,5-6,9,14H,4,7-8H2,1-2H3,(H,19,20). The minimum Gasteiger partial charge on any atom is -0.478 e. The van der Waals surface area contributed by atoms with E-state index in [0.29, 0.717) is 12.3 Å².